The standard InChI is InChI=1S/C16H9F4NO3S/c17-15(18)14-11-7-16(19,20)25(22,23)13(11)5-4-12(14)24-10-3-1-2-9(6-10)8-21/h1-6,15H,7H2. The molecule has 0 aliphatic carbocycles. The molecule has 4 nitrogen and oxygen atoms in total. The summed E-state index contributed by atoms with van der Waals surface area (Å²) in [4.78, 5) is -0.814. The lowest BCUT2D eigenvalue weighted by Crippen LogP contribution is -2.24. The SMILES string of the molecule is N#Cc1cccc(Oc2ccc3c(c2C(F)F)CC(F)(F)S3(=O)=O)c1. The van der Waals surface area contributed by atoms with Crippen molar-refractivity contribution in [1.29, 1.82) is 5.26 Å². The van der Waals surface area contributed by atoms with Gasteiger partial charge in [0.05, 0.1) is 28.5 Å². The molecule has 9 heteroatoms. The molecule has 0 fully saturated rings. The fraction of sp³-hybridized carbons (Fsp3) is 0.188. The fourth-order valence-electron chi connectivity index (χ4n) is 2.60. The van der Waals surface area contributed by atoms with Gasteiger partial charge in [-0.1, -0.05) is 6.07 Å². The first-order valence-electron chi connectivity index (χ1n) is 6.92. The highest BCUT2D eigenvalue weighted by molar-refractivity contribution is 7.92. The van der Waals surface area contributed by atoms with Gasteiger partial charge in [0, 0.05) is 0 Å². The van der Waals surface area contributed by atoms with Crippen LogP contribution in [0.1, 0.15) is 23.1 Å². The van der Waals surface area contributed by atoms with Gasteiger partial charge in [-0.2, -0.15) is 14.0 Å². The topological polar surface area (TPSA) is 67.2 Å². The Morgan fingerprint density at radius 3 is 2.56 bits per heavy atom. The summed E-state index contributed by atoms with van der Waals surface area (Å²) in [6.07, 6.45) is -4.55. The second-order valence-electron chi connectivity index (χ2n) is 5.31. The smallest absolute Gasteiger partial charge is 0.354 e. The molecular formula is C16H9F4NO3S. The number of alkyl halides is 4. The molecule has 0 saturated heterocycles. The number of ether oxygens (including phenoxy) is 1. The van der Waals surface area contributed by atoms with E-state index in [1.54, 1.807) is 0 Å². The van der Waals surface area contributed by atoms with Crippen LogP contribution in [0.2, 0.25) is 0 Å². The van der Waals surface area contributed by atoms with Gasteiger partial charge in [-0.05, 0) is 35.9 Å². The number of sulfone groups is 1. The van der Waals surface area contributed by atoms with E-state index in [1.807, 2.05) is 6.07 Å². The van der Waals surface area contributed by atoms with Gasteiger partial charge in [-0.15, -0.1) is 0 Å². The number of rotatable bonds is 3. The van der Waals surface area contributed by atoms with Crippen LogP contribution in [0.5, 0.6) is 11.5 Å². The molecule has 3 rings (SSSR count). The summed E-state index contributed by atoms with van der Waals surface area (Å²) in [5.41, 5.74) is -1.32. The molecule has 0 atom stereocenters. The van der Waals surface area contributed by atoms with Crippen LogP contribution in [0.3, 0.4) is 0 Å². The van der Waals surface area contributed by atoms with Crippen LogP contribution in [-0.2, 0) is 16.3 Å². The van der Waals surface area contributed by atoms with Gasteiger partial charge in [0.1, 0.15) is 11.5 Å². The number of fused-ring (bicyclic) bond motifs is 1. The predicted octanol–water partition coefficient (Wildman–Crippen LogP) is 4.21. The van der Waals surface area contributed by atoms with Crippen molar-refractivity contribution in [2.75, 3.05) is 0 Å². The van der Waals surface area contributed by atoms with E-state index in [9.17, 15) is 26.0 Å². The van der Waals surface area contributed by atoms with Gasteiger partial charge in [0.15, 0.2) is 0 Å². The highest BCUT2D eigenvalue weighted by Crippen LogP contribution is 2.48. The third-order valence-corrected chi connectivity index (χ3v) is 5.64. The highest BCUT2D eigenvalue weighted by Gasteiger charge is 2.54. The van der Waals surface area contributed by atoms with E-state index in [-0.39, 0.29) is 11.3 Å². The van der Waals surface area contributed by atoms with E-state index in [1.165, 1.54) is 24.3 Å². The Morgan fingerprint density at radius 1 is 1.20 bits per heavy atom. The minimum Gasteiger partial charge on any atom is -0.457 e. The van der Waals surface area contributed by atoms with Gasteiger partial charge in [0.25, 0.3) is 6.43 Å². The number of halogens is 4. The summed E-state index contributed by atoms with van der Waals surface area (Å²) in [5.74, 6) is -0.384. The number of nitrogens with zero attached hydrogens (tertiary/aromatic N) is 1. The molecule has 25 heavy (non-hydrogen) atoms. The van der Waals surface area contributed by atoms with Crippen molar-refractivity contribution in [3.8, 4) is 17.6 Å². The van der Waals surface area contributed by atoms with E-state index < -0.39 is 49.7 Å². The Labute approximate surface area is 140 Å². The molecule has 2 aromatic carbocycles. The predicted molar refractivity (Wildman–Crippen MR) is 78.5 cm³/mol. The number of hydrogen-bond donors (Lipinski definition) is 0. The molecule has 2 aromatic rings. The molecule has 130 valence electrons. The van der Waals surface area contributed by atoms with Crippen molar-refractivity contribution >= 4 is 9.84 Å². The van der Waals surface area contributed by atoms with E-state index >= 15 is 0 Å². The molecule has 0 saturated carbocycles. The third-order valence-electron chi connectivity index (χ3n) is 3.75. The molecule has 0 unspecified atom stereocenters. The summed E-state index contributed by atoms with van der Waals surface area (Å²) < 4.78 is 83.2. The van der Waals surface area contributed by atoms with E-state index in [0.29, 0.717) is 0 Å². The normalized spacial score (nSPS) is 17.1. The van der Waals surface area contributed by atoms with Gasteiger partial charge >= 0.3 is 5.25 Å². The summed E-state index contributed by atoms with van der Waals surface area (Å²) in [6, 6.07) is 9.21. The van der Waals surface area contributed by atoms with Crippen molar-refractivity contribution in [2.45, 2.75) is 23.0 Å². The van der Waals surface area contributed by atoms with Crippen molar-refractivity contribution in [2.24, 2.45) is 0 Å². The summed E-state index contributed by atoms with van der Waals surface area (Å²) in [7, 11) is -5.01. The van der Waals surface area contributed by atoms with Crippen LogP contribution < -0.4 is 4.74 Å². The van der Waals surface area contributed by atoms with Crippen molar-refractivity contribution < 1.29 is 30.7 Å². The van der Waals surface area contributed by atoms with Crippen LogP contribution in [-0.4, -0.2) is 13.7 Å². The highest BCUT2D eigenvalue weighted by atomic mass is 32.2. The van der Waals surface area contributed by atoms with E-state index in [0.717, 1.165) is 12.1 Å². The van der Waals surface area contributed by atoms with Gasteiger partial charge in [-0.25, -0.2) is 17.2 Å². The first-order chi connectivity index (χ1) is 11.7. The maximum Gasteiger partial charge on any atom is 0.354 e. The largest absolute Gasteiger partial charge is 0.457 e. The lowest BCUT2D eigenvalue weighted by Gasteiger charge is -2.14. The summed E-state index contributed by atoms with van der Waals surface area (Å²) in [5, 5.41) is 4.70. The monoisotopic (exact) mass is 371 g/mol. The zero-order valence-electron chi connectivity index (χ0n) is 12.3. The first-order valence-corrected chi connectivity index (χ1v) is 8.40. The average molecular weight is 371 g/mol. The molecule has 1 aliphatic rings. The number of benzene rings is 2. The van der Waals surface area contributed by atoms with Gasteiger partial charge in [-0.3, -0.25) is 0 Å². The summed E-state index contributed by atoms with van der Waals surface area (Å²) in [6.45, 7) is 0. The third kappa shape index (κ3) is 2.72. The summed E-state index contributed by atoms with van der Waals surface area (Å²) >= 11 is 0. The zero-order valence-corrected chi connectivity index (χ0v) is 13.2. The van der Waals surface area contributed by atoms with Crippen LogP contribution in [0.25, 0.3) is 0 Å². The molecule has 0 spiro atoms. The number of hydrogen-bond acceptors (Lipinski definition) is 4. The quantitative estimate of drug-likeness (QED) is 0.758. The van der Waals surface area contributed by atoms with Crippen LogP contribution in [0.15, 0.2) is 41.3 Å². The lowest BCUT2D eigenvalue weighted by molar-refractivity contribution is 0.0960. The Bertz CT molecular complexity index is 997. The van der Waals surface area contributed by atoms with E-state index in [2.05, 4.69) is 0 Å². The van der Waals surface area contributed by atoms with Gasteiger partial charge < -0.3 is 4.74 Å². The second-order valence-corrected chi connectivity index (χ2v) is 7.36. The maximum absolute atomic E-state index is 13.7. The molecule has 0 aromatic heterocycles. The molecule has 0 bridgehead atoms. The lowest BCUT2D eigenvalue weighted by atomic mass is 10.0. The average Bonchev–Trinajstić information content (AvgIpc) is 2.72. The number of nitriles is 1. The molecule has 1 aliphatic heterocycles. The van der Waals surface area contributed by atoms with Crippen LogP contribution in [0, 0.1) is 11.3 Å². The first kappa shape index (κ1) is 17.2. The Balaban J connectivity index is 2.13. The van der Waals surface area contributed by atoms with Crippen molar-refractivity contribution in [3.05, 3.63) is 53.1 Å². The fourth-order valence-corrected chi connectivity index (χ4v) is 4.01. The molecule has 0 amide bonds. The molecule has 0 radical (unpaired) electrons. The zero-order chi connectivity index (χ0) is 18.4. The van der Waals surface area contributed by atoms with Crippen molar-refractivity contribution in [3.63, 3.8) is 0 Å². The molecular weight excluding hydrogens is 362 g/mol. The Kier molecular flexibility index (Phi) is 3.95. The van der Waals surface area contributed by atoms with Gasteiger partial charge in [0.2, 0.25) is 9.84 Å². The second kappa shape index (κ2) is 5.74. The maximum atomic E-state index is 13.7. The Morgan fingerprint density at radius 2 is 1.92 bits per heavy atom. The minimum absolute atomic E-state index is 0.0496. The van der Waals surface area contributed by atoms with Crippen molar-refractivity contribution in [1.82, 2.24) is 0 Å². The Hall–Kier alpha value is -2.60. The van der Waals surface area contributed by atoms with Crippen LogP contribution in [0.4, 0.5) is 17.6 Å². The van der Waals surface area contributed by atoms with Crippen LogP contribution >= 0.6 is 0 Å². The molecule has 1 heterocycles. The van der Waals surface area contributed by atoms with E-state index in [4.69, 9.17) is 10.00 Å². The molecule has 0 N–H and O–H groups in total. The minimum atomic E-state index is -5.01.